The van der Waals surface area contributed by atoms with Gasteiger partial charge >= 0.3 is 6.18 Å². The Balaban J connectivity index is 1.82. The highest BCUT2D eigenvalue weighted by Gasteiger charge is 2.32. The molecule has 2 heterocycles. The first kappa shape index (κ1) is 18.3. The van der Waals surface area contributed by atoms with Gasteiger partial charge in [0.1, 0.15) is 5.69 Å². The normalized spacial score (nSPS) is 11.4. The maximum Gasteiger partial charge on any atom is 0.433 e. The van der Waals surface area contributed by atoms with Crippen LogP contribution >= 0.6 is 22.9 Å². The summed E-state index contributed by atoms with van der Waals surface area (Å²) in [5, 5.41) is 2.99. The van der Waals surface area contributed by atoms with Crippen molar-refractivity contribution in [3.05, 3.63) is 69.3 Å². The number of halogens is 4. The van der Waals surface area contributed by atoms with E-state index in [4.69, 9.17) is 11.6 Å². The van der Waals surface area contributed by atoms with E-state index in [2.05, 4.69) is 9.97 Å². The lowest BCUT2D eigenvalue weighted by molar-refractivity contribution is -0.141. The highest BCUT2D eigenvalue weighted by atomic mass is 35.5. The first-order valence-electron chi connectivity index (χ1n) is 7.34. The van der Waals surface area contributed by atoms with Gasteiger partial charge in [-0.2, -0.15) is 13.2 Å². The van der Waals surface area contributed by atoms with Gasteiger partial charge in [-0.1, -0.05) is 29.8 Å². The SMILES string of the molecule is O=CN(c1ccc(C(F)(F)F)nc1)c1csc(Cc2ccccc2Cl)n1. The fourth-order valence-electron chi connectivity index (χ4n) is 2.24. The largest absolute Gasteiger partial charge is 0.433 e. The van der Waals surface area contributed by atoms with Gasteiger partial charge in [0, 0.05) is 16.8 Å². The van der Waals surface area contributed by atoms with Crippen LogP contribution < -0.4 is 4.90 Å². The van der Waals surface area contributed by atoms with Crippen LogP contribution in [0.2, 0.25) is 5.02 Å². The standard InChI is InChI=1S/C17H11ClF3N3OS/c18-13-4-2-1-3-11(13)7-16-23-15(9-26-16)24(10-25)12-5-6-14(22-8-12)17(19,20)21/h1-6,8-10H,7H2. The molecule has 3 aromatic rings. The summed E-state index contributed by atoms with van der Waals surface area (Å²) in [6.07, 6.45) is -2.57. The van der Waals surface area contributed by atoms with Gasteiger partial charge in [0.25, 0.3) is 0 Å². The molecule has 2 aromatic heterocycles. The Morgan fingerprint density at radius 3 is 2.58 bits per heavy atom. The number of rotatable bonds is 5. The maximum atomic E-state index is 12.6. The first-order chi connectivity index (χ1) is 12.4. The number of alkyl halides is 3. The summed E-state index contributed by atoms with van der Waals surface area (Å²) >= 11 is 7.46. The van der Waals surface area contributed by atoms with Gasteiger partial charge in [0.05, 0.1) is 16.9 Å². The lowest BCUT2D eigenvalue weighted by atomic mass is 10.2. The summed E-state index contributed by atoms with van der Waals surface area (Å²) in [5.41, 5.74) is 0.0660. The number of thiazole rings is 1. The van der Waals surface area contributed by atoms with Gasteiger partial charge in [-0.25, -0.2) is 9.97 Å². The van der Waals surface area contributed by atoms with Gasteiger partial charge in [0.15, 0.2) is 5.82 Å². The number of nitrogens with zero attached hydrogens (tertiary/aromatic N) is 3. The minimum atomic E-state index is -4.53. The van der Waals surface area contributed by atoms with Crippen molar-refractivity contribution < 1.29 is 18.0 Å². The molecule has 0 bridgehead atoms. The van der Waals surface area contributed by atoms with Crippen molar-refractivity contribution >= 4 is 40.9 Å². The summed E-state index contributed by atoms with van der Waals surface area (Å²) in [7, 11) is 0. The summed E-state index contributed by atoms with van der Waals surface area (Å²) in [5.74, 6) is 0.314. The van der Waals surface area contributed by atoms with Crippen molar-refractivity contribution in [1.82, 2.24) is 9.97 Å². The Kier molecular flexibility index (Phi) is 5.24. The van der Waals surface area contributed by atoms with Gasteiger partial charge in [-0.05, 0) is 23.8 Å². The van der Waals surface area contributed by atoms with E-state index in [-0.39, 0.29) is 5.69 Å². The molecule has 0 saturated heterocycles. The fourth-order valence-corrected chi connectivity index (χ4v) is 3.24. The number of carbonyl (C=O) groups is 1. The summed E-state index contributed by atoms with van der Waals surface area (Å²) in [4.78, 5) is 20.3. The average molecular weight is 398 g/mol. The Bertz CT molecular complexity index is 912. The molecule has 0 saturated carbocycles. The molecule has 0 aliphatic heterocycles. The molecule has 0 atom stereocenters. The van der Waals surface area contributed by atoms with Crippen LogP contribution in [0.15, 0.2) is 48.0 Å². The van der Waals surface area contributed by atoms with Crippen molar-refractivity contribution in [3.8, 4) is 0 Å². The minimum absolute atomic E-state index is 0.197. The van der Waals surface area contributed by atoms with Crippen molar-refractivity contribution in [3.63, 3.8) is 0 Å². The maximum absolute atomic E-state index is 12.6. The number of hydrogen-bond acceptors (Lipinski definition) is 4. The fraction of sp³-hybridized carbons (Fsp3) is 0.118. The van der Waals surface area contributed by atoms with Crippen molar-refractivity contribution in [2.45, 2.75) is 12.6 Å². The number of anilines is 2. The molecule has 0 fully saturated rings. The lowest BCUT2D eigenvalue weighted by Crippen LogP contribution is -2.16. The zero-order valence-electron chi connectivity index (χ0n) is 13.1. The third-order valence-electron chi connectivity index (χ3n) is 3.51. The van der Waals surface area contributed by atoms with E-state index in [1.165, 1.54) is 17.4 Å². The monoisotopic (exact) mass is 397 g/mol. The van der Waals surface area contributed by atoms with Gasteiger partial charge in [-0.3, -0.25) is 9.69 Å². The van der Waals surface area contributed by atoms with E-state index >= 15 is 0 Å². The highest BCUT2D eigenvalue weighted by molar-refractivity contribution is 7.10. The van der Waals surface area contributed by atoms with Crippen LogP contribution in [0.3, 0.4) is 0 Å². The third kappa shape index (κ3) is 4.03. The summed E-state index contributed by atoms with van der Waals surface area (Å²) < 4.78 is 37.8. The minimum Gasteiger partial charge on any atom is -0.278 e. The van der Waals surface area contributed by atoms with Gasteiger partial charge in [-0.15, -0.1) is 11.3 Å². The molecule has 0 aliphatic rings. The topological polar surface area (TPSA) is 46.1 Å². The van der Waals surface area contributed by atoms with Gasteiger partial charge < -0.3 is 0 Å². The van der Waals surface area contributed by atoms with Crippen molar-refractivity contribution in [2.75, 3.05) is 4.90 Å². The first-order valence-corrected chi connectivity index (χ1v) is 8.60. The van der Waals surface area contributed by atoms with E-state index in [1.807, 2.05) is 18.2 Å². The second-order valence-corrected chi connectivity index (χ2v) is 6.59. The van der Waals surface area contributed by atoms with Crippen LogP contribution in [-0.4, -0.2) is 16.4 Å². The molecule has 0 N–H and O–H groups in total. The zero-order valence-corrected chi connectivity index (χ0v) is 14.6. The van der Waals surface area contributed by atoms with Crippen LogP contribution in [0.25, 0.3) is 0 Å². The predicted octanol–water partition coefficient (Wildman–Crippen LogP) is 5.10. The van der Waals surface area contributed by atoms with Crippen molar-refractivity contribution in [1.29, 1.82) is 0 Å². The molecule has 134 valence electrons. The smallest absolute Gasteiger partial charge is 0.278 e. The molecule has 0 unspecified atom stereocenters. The molecule has 0 radical (unpaired) electrons. The Morgan fingerprint density at radius 1 is 1.19 bits per heavy atom. The van der Waals surface area contributed by atoms with Crippen LogP contribution in [0.4, 0.5) is 24.7 Å². The molecule has 1 amide bonds. The molecule has 0 spiro atoms. The quantitative estimate of drug-likeness (QED) is 0.563. The number of hydrogen-bond donors (Lipinski definition) is 0. The van der Waals surface area contributed by atoms with Gasteiger partial charge in [0.2, 0.25) is 6.41 Å². The van der Waals surface area contributed by atoms with E-state index in [0.29, 0.717) is 23.7 Å². The molecule has 0 aliphatic carbocycles. The third-order valence-corrected chi connectivity index (χ3v) is 4.71. The summed E-state index contributed by atoms with van der Waals surface area (Å²) in [6.45, 7) is 0. The second kappa shape index (κ2) is 7.43. The number of amides is 1. The van der Waals surface area contributed by atoms with Crippen molar-refractivity contribution in [2.24, 2.45) is 0 Å². The van der Waals surface area contributed by atoms with Crippen LogP contribution in [-0.2, 0) is 17.4 Å². The molecule has 1 aromatic carbocycles. The number of benzene rings is 1. The molecular weight excluding hydrogens is 387 g/mol. The highest BCUT2D eigenvalue weighted by Crippen LogP contribution is 2.31. The Hall–Kier alpha value is -2.45. The van der Waals surface area contributed by atoms with E-state index in [9.17, 15) is 18.0 Å². The van der Waals surface area contributed by atoms with Crippen LogP contribution in [0.1, 0.15) is 16.3 Å². The zero-order chi connectivity index (χ0) is 18.7. The molecule has 9 heteroatoms. The predicted molar refractivity (Wildman–Crippen MR) is 93.8 cm³/mol. The second-order valence-electron chi connectivity index (χ2n) is 5.24. The lowest BCUT2D eigenvalue weighted by Gasteiger charge is -2.15. The molecule has 26 heavy (non-hydrogen) atoms. The van der Waals surface area contributed by atoms with Crippen LogP contribution in [0.5, 0.6) is 0 Å². The molecule has 3 rings (SSSR count). The van der Waals surface area contributed by atoms with Crippen LogP contribution in [0, 0.1) is 0 Å². The number of pyridine rings is 1. The van der Waals surface area contributed by atoms with E-state index in [1.54, 1.807) is 11.4 Å². The van der Waals surface area contributed by atoms with E-state index < -0.39 is 11.9 Å². The Labute approximate surface area is 155 Å². The number of aromatic nitrogens is 2. The average Bonchev–Trinajstić information content (AvgIpc) is 3.06. The Morgan fingerprint density at radius 2 is 1.96 bits per heavy atom. The molecule has 4 nitrogen and oxygen atoms in total. The molecular formula is C17H11ClF3N3OS. The van der Waals surface area contributed by atoms with E-state index in [0.717, 1.165) is 27.7 Å². The number of carbonyl (C=O) groups excluding carboxylic acids is 1. The summed E-state index contributed by atoms with van der Waals surface area (Å²) in [6, 6.07) is 9.34.